The van der Waals surface area contributed by atoms with Gasteiger partial charge in [-0.3, -0.25) is 0 Å². The molecule has 0 heterocycles. The fourth-order valence-corrected chi connectivity index (χ4v) is 2.68. The number of hydrogen-bond acceptors (Lipinski definition) is 1. The normalized spacial score (nSPS) is 12.5. The molecule has 1 nitrogen and oxygen atoms in total. The monoisotopic (exact) mass is 331 g/mol. The lowest BCUT2D eigenvalue weighted by atomic mass is 10.0. The van der Waals surface area contributed by atoms with Gasteiger partial charge in [0.25, 0.3) is 0 Å². The second-order valence-corrected chi connectivity index (χ2v) is 6.54. The van der Waals surface area contributed by atoms with Gasteiger partial charge < -0.3 is 5.73 Å². The molecule has 0 bridgehead atoms. The van der Waals surface area contributed by atoms with E-state index in [1.807, 2.05) is 0 Å². The number of nitrogens with two attached hydrogens (primary N) is 1. The maximum atomic E-state index is 5.92. The minimum absolute atomic E-state index is 0. The van der Waals surface area contributed by atoms with Crippen molar-refractivity contribution < 1.29 is 0 Å². The summed E-state index contributed by atoms with van der Waals surface area (Å²) in [6.45, 7) is 4.46. The largest absolute Gasteiger partial charge is 0.328 e. The second-order valence-electron chi connectivity index (χ2n) is 6.54. The van der Waals surface area contributed by atoms with Gasteiger partial charge in [-0.1, -0.05) is 83.8 Å². The molecule has 0 aromatic carbocycles. The summed E-state index contributed by atoms with van der Waals surface area (Å²) in [5.41, 5.74) is 5.92. The molecular weight excluding hydrogens is 290 g/mol. The van der Waals surface area contributed by atoms with Crippen molar-refractivity contribution in [2.75, 3.05) is 0 Å². The summed E-state index contributed by atoms with van der Waals surface area (Å²) in [4.78, 5) is 0. The first kappa shape index (κ1) is 24.2. The molecule has 22 heavy (non-hydrogen) atoms. The van der Waals surface area contributed by atoms with Crippen molar-refractivity contribution in [2.24, 2.45) is 5.73 Å². The molecule has 1 atom stereocenters. The van der Waals surface area contributed by atoms with E-state index in [0.29, 0.717) is 6.04 Å². The summed E-state index contributed by atoms with van der Waals surface area (Å²) >= 11 is 0. The average Bonchev–Trinajstić information content (AvgIpc) is 2.50. The third-order valence-corrected chi connectivity index (χ3v) is 4.36. The summed E-state index contributed by atoms with van der Waals surface area (Å²) in [7, 11) is 0. The van der Waals surface area contributed by atoms with Crippen molar-refractivity contribution in [1.29, 1.82) is 0 Å². The Morgan fingerprint density at radius 3 is 1.64 bits per heavy atom. The van der Waals surface area contributed by atoms with Crippen LogP contribution in [-0.4, -0.2) is 6.04 Å². The molecule has 0 saturated heterocycles. The molecule has 0 aromatic heterocycles. The van der Waals surface area contributed by atoms with Crippen LogP contribution < -0.4 is 5.73 Å². The van der Waals surface area contributed by atoms with Gasteiger partial charge in [-0.15, -0.1) is 12.4 Å². The predicted molar refractivity (Wildman–Crippen MR) is 105 cm³/mol. The Balaban J connectivity index is 0. The summed E-state index contributed by atoms with van der Waals surface area (Å²) in [5.74, 6) is 0. The number of halogens is 1. The van der Waals surface area contributed by atoms with E-state index in [0.717, 1.165) is 6.42 Å². The highest BCUT2D eigenvalue weighted by Crippen LogP contribution is 2.10. The average molecular weight is 332 g/mol. The Hall–Kier alpha value is -0.0100. The first-order valence-electron chi connectivity index (χ1n) is 9.71. The number of unbranched alkanes of at least 4 members (excludes halogenated alkanes) is 11. The van der Waals surface area contributed by atoms with Gasteiger partial charge in [0.15, 0.2) is 0 Å². The molecule has 0 radical (unpaired) electrons. The van der Waals surface area contributed by atoms with Gasteiger partial charge in [0.2, 0.25) is 0 Å². The fraction of sp³-hybridized carbons (Fsp3) is 0.900. The number of hydrogen-bond donors (Lipinski definition) is 1. The second kappa shape index (κ2) is 21.0. The van der Waals surface area contributed by atoms with E-state index in [4.69, 9.17) is 5.73 Å². The highest BCUT2D eigenvalue weighted by atomic mass is 35.5. The Labute approximate surface area is 146 Å². The van der Waals surface area contributed by atoms with E-state index >= 15 is 0 Å². The van der Waals surface area contributed by atoms with Gasteiger partial charge in [-0.2, -0.15) is 0 Å². The van der Waals surface area contributed by atoms with E-state index in [9.17, 15) is 0 Å². The third kappa shape index (κ3) is 20.0. The molecule has 0 rings (SSSR count). The van der Waals surface area contributed by atoms with Crippen LogP contribution in [0.2, 0.25) is 0 Å². The van der Waals surface area contributed by atoms with Crippen molar-refractivity contribution in [2.45, 2.75) is 116 Å². The topological polar surface area (TPSA) is 26.0 Å². The van der Waals surface area contributed by atoms with Gasteiger partial charge in [0.1, 0.15) is 0 Å². The van der Waals surface area contributed by atoms with E-state index in [-0.39, 0.29) is 12.4 Å². The minimum Gasteiger partial charge on any atom is -0.328 e. The molecule has 0 amide bonds. The van der Waals surface area contributed by atoms with Crippen LogP contribution in [0.15, 0.2) is 12.2 Å². The van der Waals surface area contributed by atoms with Gasteiger partial charge in [-0.05, 0) is 38.5 Å². The van der Waals surface area contributed by atoms with Crippen LogP contribution in [-0.2, 0) is 0 Å². The smallest absolute Gasteiger partial charge is 0.00362 e. The lowest BCUT2D eigenvalue weighted by Crippen LogP contribution is -2.17. The van der Waals surface area contributed by atoms with Crippen LogP contribution >= 0.6 is 12.4 Å². The Bertz CT molecular complexity index is 216. The van der Waals surface area contributed by atoms with Gasteiger partial charge in [-0.25, -0.2) is 0 Å². The molecule has 0 aromatic rings. The Kier molecular flexibility index (Phi) is 23.1. The molecule has 0 aliphatic rings. The standard InChI is InChI=1S/C20H41N.ClH/c1-3-5-6-7-8-9-10-11-12-13-14-15-16-17-18-19-20(21)4-2;/h11-12,20H,3-10,13-19,21H2,1-2H3;1H/b12-11-;. The zero-order chi connectivity index (χ0) is 15.6. The molecular formula is C20H42ClN. The maximum absolute atomic E-state index is 5.92. The molecule has 0 spiro atoms. The Morgan fingerprint density at radius 2 is 1.14 bits per heavy atom. The Morgan fingerprint density at radius 1 is 0.682 bits per heavy atom. The van der Waals surface area contributed by atoms with Crippen molar-refractivity contribution >= 4 is 12.4 Å². The molecule has 1 unspecified atom stereocenters. The molecule has 2 heteroatoms. The molecule has 0 saturated carbocycles. The van der Waals surface area contributed by atoms with Gasteiger partial charge in [0.05, 0.1) is 0 Å². The molecule has 0 aliphatic carbocycles. The quantitative estimate of drug-likeness (QED) is 0.235. The first-order valence-corrected chi connectivity index (χ1v) is 9.71. The zero-order valence-electron chi connectivity index (χ0n) is 15.3. The first-order chi connectivity index (χ1) is 10.3. The van der Waals surface area contributed by atoms with Crippen molar-refractivity contribution in [3.8, 4) is 0 Å². The van der Waals surface area contributed by atoms with Gasteiger partial charge >= 0.3 is 0 Å². The maximum Gasteiger partial charge on any atom is 0.00362 e. The summed E-state index contributed by atoms with van der Waals surface area (Å²) in [6, 6.07) is 0.440. The third-order valence-electron chi connectivity index (χ3n) is 4.36. The number of rotatable bonds is 16. The minimum atomic E-state index is 0. The van der Waals surface area contributed by atoms with Crippen molar-refractivity contribution in [3.63, 3.8) is 0 Å². The van der Waals surface area contributed by atoms with Crippen molar-refractivity contribution in [3.05, 3.63) is 12.2 Å². The van der Waals surface area contributed by atoms with Crippen LogP contribution in [0.1, 0.15) is 110 Å². The highest BCUT2D eigenvalue weighted by Gasteiger charge is 1.97. The lowest BCUT2D eigenvalue weighted by molar-refractivity contribution is 0.528. The lowest BCUT2D eigenvalue weighted by Gasteiger charge is -2.07. The van der Waals surface area contributed by atoms with Crippen LogP contribution in [0.25, 0.3) is 0 Å². The van der Waals surface area contributed by atoms with Crippen molar-refractivity contribution in [1.82, 2.24) is 0 Å². The summed E-state index contributed by atoms with van der Waals surface area (Å²) < 4.78 is 0. The van der Waals surface area contributed by atoms with Gasteiger partial charge in [0, 0.05) is 6.04 Å². The van der Waals surface area contributed by atoms with E-state index in [1.54, 1.807) is 0 Å². The molecule has 0 aliphatic heterocycles. The van der Waals surface area contributed by atoms with Crippen LogP contribution in [0.4, 0.5) is 0 Å². The highest BCUT2D eigenvalue weighted by molar-refractivity contribution is 5.85. The number of allylic oxidation sites excluding steroid dienone is 2. The molecule has 134 valence electrons. The van der Waals surface area contributed by atoms with E-state index in [2.05, 4.69) is 26.0 Å². The molecule has 2 N–H and O–H groups in total. The van der Waals surface area contributed by atoms with Crippen LogP contribution in [0, 0.1) is 0 Å². The van der Waals surface area contributed by atoms with Crippen LogP contribution in [0.3, 0.4) is 0 Å². The summed E-state index contributed by atoms with van der Waals surface area (Å²) in [6.07, 6.45) is 25.0. The fourth-order valence-electron chi connectivity index (χ4n) is 2.68. The predicted octanol–water partition coefficient (Wildman–Crippen LogP) is 7.18. The van der Waals surface area contributed by atoms with Crippen LogP contribution in [0.5, 0.6) is 0 Å². The van der Waals surface area contributed by atoms with E-state index < -0.39 is 0 Å². The SMILES string of the molecule is CCCCCCCC/C=C\CCCCCCCC(N)CC.Cl. The van der Waals surface area contributed by atoms with E-state index in [1.165, 1.54) is 89.9 Å². The zero-order valence-corrected chi connectivity index (χ0v) is 16.1. The summed E-state index contributed by atoms with van der Waals surface area (Å²) in [5, 5.41) is 0. The molecule has 0 fully saturated rings.